The minimum absolute atomic E-state index is 0.533. The summed E-state index contributed by atoms with van der Waals surface area (Å²) in [6.07, 6.45) is 0. The van der Waals surface area contributed by atoms with E-state index >= 15 is 0 Å². The topological polar surface area (TPSA) is 29.4 Å². The molecular weight excluding hydrogens is 126 g/mol. The molecule has 0 amide bonds. The maximum Gasteiger partial charge on any atom is 0.110 e. The van der Waals surface area contributed by atoms with Crippen LogP contribution >= 0.6 is 0 Å². The van der Waals surface area contributed by atoms with E-state index < -0.39 is 0 Å². The Balaban J connectivity index is 3.19. The Labute approximate surface area is 59.9 Å². The van der Waals surface area contributed by atoms with E-state index in [1.165, 1.54) is 0 Å². The zero-order chi connectivity index (χ0) is 7.56. The third kappa shape index (κ3) is 1.21. The van der Waals surface area contributed by atoms with Crippen LogP contribution in [0.1, 0.15) is 11.1 Å². The summed E-state index contributed by atoms with van der Waals surface area (Å²) in [6.45, 7) is 3.87. The van der Waals surface area contributed by atoms with Gasteiger partial charge in [0.15, 0.2) is 0 Å². The summed E-state index contributed by atoms with van der Waals surface area (Å²) in [5, 5.41) is 2.86. The first-order chi connectivity index (χ1) is 4.74. The molecule has 2 heteroatoms. The third-order valence-corrected chi connectivity index (χ3v) is 1.45. The molecule has 52 valence electrons. The molecule has 0 heterocycles. The van der Waals surface area contributed by atoms with Gasteiger partial charge >= 0.3 is 0 Å². The minimum Gasteiger partial charge on any atom is -0.145 e. The molecule has 0 fully saturated rings. The lowest BCUT2D eigenvalue weighted by Gasteiger charge is -1.96. The van der Waals surface area contributed by atoms with Crippen LogP contribution in [0.25, 0.3) is 0 Å². The maximum absolute atomic E-state index is 10.1. The molecule has 1 aromatic carbocycles. The zero-order valence-corrected chi connectivity index (χ0v) is 6.09. The van der Waals surface area contributed by atoms with Gasteiger partial charge in [0.2, 0.25) is 0 Å². The van der Waals surface area contributed by atoms with Crippen molar-refractivity contribution in [2.75, 3.05) is 0 Å². The molecule has 0 radical (unpaired) electrons. The maximum atomic E-state index is 10.1. The highest BCUT2D eigenvalue weighted by molar-refractivity contribution is 5.46. The molecule has 0 aliphatic rings. The fourth-order valence-corrected chi connectivity index (χ4v) is 0.908. The quantitative estimate of drug-likeness (QED) is 0.544. The van der Waals surface area contributed by atoms with Crippen molar-refractivity contribution in [3.05, 3.63) is 34.2 Å². The summed E-state index contributed by atoms with van der Waals surface area (Å²) in [6, 6.07) is 5.55. The van der Waals surface area contributed by atoms with Gasteiger partial charge in [-0.05, 0) is 30.7 Å². The Bertz CT molecular complexity index is 255. The van der Waals surface area contributed by atoms with Crippen LogP contribution in [-0.4, -0.2) is 0 Å². The summed E-state index contributed by atoms with van der Waals surface area (Å²) >= 11 is 0. The van der Waals surface area contributed by atoms with Crippen LogP contribution in [0.3, 0.4) is 0 Å². The largest absolute Gasteiger partial charge is 0.145 e. The lowest BCUT2D eigenvalue weighted by Crippen LogP contribution is -1.75. The lowest BCUT2D eigenvalue weighted by molar-refractivity contribution is 1.34. The molecule has 0 spiro atoms. The van der Waals surface area contributed by atoms with Crippen molar-refractivity contribution in [3.63, 3.8) is 0 Å². The van der Waals surface area contributed by atoms with E-state index in [1.54, 1.807) is 6.07 Å². The first-order valence-electron chi connectivity index (χ1n) is 3.14. The van der Waals surface area contributed by atoms with E-state index in [-0.39, 0.29) is 0 Å². The van der Waals surface area contributed by atoms with Gasteiger partial charge in [-0.1, -0.05) is 17.7 Å². The SMILES string of the molecule is Cc1ccc(N=O)c(C)c1. The Morgan fingerprint density at radius 3 is 2.50 bits per heavy atom. The van der Waals surface area contributed by atoms with Crippen molar-refractivity contribution in [2.45, 2.75) is 13.8 Å². The lowest BCUT2D eigenvalue weighted by atomic mass is 10.1. The van der Waals surface area contributed by atoms with Gasteiger partial charge in [0.05, 0.1) is 0 Å². The van der Waals surface area contributed by atoms with Crippen molar-refractivity contribution in [3.8, 4) is 0 Å². The number of nitroso groups, excluding NO2 is 1. The molecule has 0 N–H and O–H groups in total. The number of hydrogen-bond acceptors (Lipinski definition) is 2. The van der Waals surface area contributed by atoms with Crippen molar-refractivity contribution < 1.29 is 0 Å². The van der Waals surface area contributed by atoms with Gasteiger partial charge in [-0.15, -0.1) is 4.91 Å². The average molecular weight is 135 g/mol. The summed E-state index contributed by atoms with van der Waals surface area (Å²) < 4.78 is 0. The number of benzene rings is 1. The highest BCUT2D eigenvalue weighted by atomic mass is 16.3. The molecule has 10 heavy (non-hydrogen) atoms. The van der Waals surface area contributed by atoms with Crippen LogP contribution in [0, 0.1) is 18.8 Å². The van der Waals surface area contributed by atoms with Crippen molar-refractivity contribution in [1.82, 2.24) is 0 Å². The van der Waals surface area contributed by atoms with Crippen LogP contribution in [0.4, 0.5) is 5.69 Å². The molecule has 0 bridgehead atoms. The van der Waals surface area contributed by atoms with Gasteiger partial charge in [-0.25, -0.2) is 0 Å². The molecule has 0 saturated carbocycles. The van der Waals surface area contributed by atoms with Crippen LogP contribution < -0.4 is 0 Å². The fourth-order valence-electron chi connectivity index (χ4n) is 0.908. The van der Waals surface area contributed by atoms with E-state index in [0.717, 1.165) is 11.1 Å². The molecule has 1 rings (SSSR count). The van der Waals surface area contributed by atoms with E-state index in [4.69, 9.17) is 0 Å². The van der Waals surface area contributed by atoms with Gasteiger partial charge in [0, 0.05) is 0 Å². The van der Waals surface area contributed by atoms with Crippen molar-refractivity contribution in [2.24, 2.45) is 5.18 Å². The second-order valence-electron chi connectivity index (χ2n) is 2.38. The highest BCUT2D eigenvalue weighted by Gasteiger charge is 1.95. The van der Waals surface area contributed by atoms with Gasteiger partial charge in [0.25, 0.3) is 0 Å². The predicted octanol–water partition coefficient (Wildman–Crippen LogP) is 2.70. The predicted molar refractivity (Wildman–Crippen MR) is 41.4 cm³/mol. The van der Waals surface area contributed by atoms with Gasteiger partial charge in [-0.3, -0.25) is 0 Å². The number of nitrogens with zero attached hydrogens (tertiary/aromatic N) is 1. The van der Waals surface area contributed by atoms with E-state index in [9.17, 15) is 4.91 Å². The molecule has 0 aliphatic carbocycles. The molecule has 0 saturated heterocycles. The summed E-state index contributed by atoms with van der Waals surface area (Å²) in [4.78, 5) is 10.1. The molecule has 0 unspecified atom stereocenters. The molecule has 0 aliphatic heterocycles. The number of aryl methyl sites for hydroxylation is 2. The molecule has 2 nitrogen and oxygen atoms in total. The minimum atomic E-state index is 0.533. The van der Waals surface area contributed by atoms with Crippen LogP contribution in [0.2, 0.25) is 0 Å². The molecule has 1 aromatic rings. The van der Waals surface area contributed by atoms with Crippen molar-refractivity contribution in [1.29, 1.82) is 0 Å². The first kappa shape index (κ1) is 6.93. The van der Waals surface area contributed by atoms with Gasteiger partial charge in [-0.2, -0.15) is 0 Å². The third-order valence-electron chi connectivity index (χ3n) is 1.45. The number of hydrogen-bond donors (Lipinski definition) is 0. The summed E-state index contributed by atoms with van der Waals surface area (Å²) in [7, 11) is 0. The molecule has 0 aromatic heterocycles. The second-order valence-corrected chi connectivity index (χ2v) is 2.38. The van der Waals surface area contributed by atoms with Gasteiger partial charge in [0.1, 0.15) is 5.69 Å². The van der Waals surface area contributed by atoms with E-state index in [0.29, 0.717) is 5.69 Å². The van der Waals surface area contributed by atoms with E-state index in [2.05, 4.69) is 5.18 Å². The van der Waals surface area contributed by atoms with Crippen LogP contribution in [0.15, 0.2) is 23.4 Å². The van der Waals surface area contributed by atoms with Crippen LogP contribution in [0.5, 0.6) is 0 Å². The fraction of sp³-hybridized carbons (Fsp3) is 0.250. The zero-order valence-electron chi connectivity index (χ0n) is 6.09. The Morgan fingerprint density at radius 2 is 2.00 bits per heavy atom. The normalized spacial score (nSPS) is 9.40. The highest BCUT2D eigenvalue weighted by Crippen LogP contribution is 2.18. The molecule has 0 atom stereocenters. The Kier molecular flexibility index (Phi) is 1.81. The van der Waals surface area contributed by atoms with E-state index in [1.807, 2.05) is 26.0 Å². The van der Waals surface area contributed by atoms with Crippen molar-refractivity contribution >= 4 is 5.69 Å². The standard InChI is InChI=1S/C8H9NO/c1-6-3-4-8(9-10)7(2)5-6/h3-5H,1-2H3. The monoisotopic (exact) mass is 135 g/mol. The second kappa shape index (κ2) is 2.60. The van der Waals surface area contributed by atoms with Crippen LogP contribution in [-0.2, 0) is 0 Å². The molecular formula is C8H9NO. The first-order valence-corrected chi connectivity index (χ1v) is 3.14. The Hall–Kier alpha value is -1.18. The Morgan fingerprint density at radius 1 is 1.30 bits per heavy atom. The van der Waals surface area contributed by atoms with Gasteiger partial charge < -0.3 is 0 Å². The summed E-state index contributed by atoms with van der Waals surface area (Å²) in [5.41, 5.74) is 2.63. The average Bonchev–Trinajstić information content (AvgIpc) is 1.88. The number of rotatable bonds is 1. The smallest absolute Gasteiger partial charge is 0.110 e. The summed E-state index contributed by atoms with van der Waals surface area (Å²) in [5.74, 6) is 0.